The summed E-state index contributed by atoms with van der Waals surface area (Å²) >= 11 is 2.99. The molecule has 0 aliphatic carbocycles. The second kappa shape index (κ2) is 5.00. The summed E-state index contributed by atoms with van der Waals surface area (Å²) in [5, 5.41) is 0. The van der Waals surface area contributed by atoms with Gasteiger partial charge in [0.2, 0.25) is 0 Å². The number of halogens is 5. The highest BCUT2D eigenvalue weighted by Crippen LogP contribution is 2.31. The van der Waals surface area contributed by atoms with Crippen molar-refractivity contribution in [1.29, 1.82) is 0 Å². The summed E-state index contributed by atoms with van der Waals surface area (Å²) in [5.74, 6) is 0. The van der Waals surface area contributed by atoms with Crippen molar-refractivity contribution in [2.45, 2.75) is 12.7 Å². The lowest BCUT2D eigenvalue weighted by atomic mass is 10.1. The van der Waals surface area contributed by atoms with Crippen molar-refractivity contribution < 1.29 is 13.2 Å². The molecule has 0 fully saturated rings. The van der Waals surface area contributed by atoms with Crippen molar-refractivity contribution in [1.82, 2.24) is 0 Å². The van der Waals surface area contributed by atoms with E-state index in [1.165, 1.54) is 0 Å². The first-order chi connectivity index (χ1) is 5.93. The zero-order valence-electron chi connectivity index (χ0n) is 6.94. The van der Waals surface area contributed by atoms with Crippen LogP contribution in [0.1, 0.15) is 11.1 Å². The predicted octanol–water partition coefficient (Wildman–Crippen LogP) is 3.35. The van der Waals surface area contributed by atoms with Crippen molar-refractivity contribution in [3.05, 3.63) is 33.8 Å². The van der Waals surface area contributed by atoms with Gasteiger partial charge in [0.05, 0.1) is 5.56 Å². The highest BCUT2D eigenvalue weighted by Gasteiger charge is 2.30. The van der Waals surface area contributed by atoms with Gasteiger partial charge < -0.3 is 5.73 Å². The van der Waals surface area contributed by atoms with E-state index < -0.39 is 11.7 Å². The van der Waals surface area contributed by atoms with E-state index in [1.54, 1.807) is 6.07 Å². The van der Waals surface area contributed by atoms with Gasteiger partial charge in [-0.05, 0) is 23.8 Å². The second-order valence-electron chi connectivity index (χ2n) is 2.55. The maximum atomic E-state index is 12.2. The van der Waals surface area contributed by atoms with Crippen LogP contribution in [0.2, 0.25) is 0 Å². The standard InChI is InChI=1S/C8H7BrF3N.ClH/c9-7-2-5(4-13)1-6(3-7)8(10,11)12;/h1-3H,4,13H2;1H. The molecule has 1 aromatic rings. The molecule has 6 heteroatoms. The molecule has 0 aromatic heterocycles. The summed E-state index contributed by atoms with van der Waals surface area (Å²) in [6, 6.07) is 3.64. The lowest BCUT2D eigenvalue weighted by Gasteiger charge is -2.08. The molecule has 0 unspecified atom stereocenters. The molecule has 1 nitrogen and oxygen atoms in total. The molecule has 1 aromatic carbocycles. The highest BCUT2D eigenvalue weighted by molar-refractivity contribution is 9.10. The Labute approximate surface area is 94.0 Å². The van der Waals surface area contributed by atoms with Gasteiger partial charge in [0, 0.05) is 11.0 Å². The number of hydrogen-bond acceptors (Lipinski definition) is 1. The van der Waals surface area contributed by atoms with E-state index >= 15 is 0 Å². The Morgan fingerprint density at radius 3 is 2.21 bits per heavy atom. The smallest absolute Gasteiger partial charge is 0.326 e. The normalized spacial score (nSPS) is 10.9. The number of benzene rings is 1. The van der Waals surface area contributed by atoms with E-state index in [4.69, 9.17) is 5.73 Å². The van der Waals surface area contributed by atoms with E-state index in [-0.39, 0.29) is 19.0 Å². The first kappa shape index (κ1) is 13.7. The molecule has 0 amide bonds. The fourth-order valence-electron chi connectivity index (χ4n) is 0.932. The summed E-state index contributed by atoms with van der Waals surface area (Å²) in [7, 11) is 0. The minimum atomic E-state index is -4.31. The predicted molar refractivity (Wildman–Crippen MR) is 54.3 cm³/mol. The molecular formula is C8H8BrClF3N. The fraction of sp³-hybridized carbons (Fsp3) is 0.250. The average molecular weight is 291 g/mol. The van der Waals surface area contributed by atoms with Crippen LogP contribution in [0, 0.1) is 0 Å². The van der Waals surface area contributed by atoms with Gasteiger partial charge in [-0.25, -0.2) is 0 Å². The lowest BCUT2D eigenvalue weighted by Crippen LogP contribution is -2.07. The largest absolute Gasteiger partial charge is 0.416 e. The van der Waals surface area contributed by atoms with E-state index in [0.29, 0.717) is 10.0 Å². The van der Waals surface area contributed by atoms with Crippen molar-refractivity contribution in [2.75, 3.05) is 0 Å². The number of nitrogens with two attached hydrogens (primary N) is 1. The molecule has 14 heavy (non-hydrogen) atoms. The third-order valence-corrected chi connectivity index (χ3v) is 1.98. The lowest BCUT2D eigenvalue weighted by molar-refractivity contribution is -0.137. The van der Waals surface area contributed by atoms with Crippen LogP contribution in [0.3, 0.4) is 0 Å². The first-order valence-electron chi connectivity index (χ1n) is 3.50. The first-order valence-corrected chi connectivity index (χ1v) is 4.29. The number of hydrogen-bond donors (Lipinski definition) is 1. The van der Waals surface area contributed by atoms with Gasteiger partial charge >= 0.3 is 6.18 Å². The van der Waals surface area contributed by atoms with Crippen molar-refractivity contribution in [3.63, 3.8) is 0 Å². The average Bonchev–Trinajstić information content (AvgIpc) is 2.01. The Morgan fingerprint density at radius 2 is 1.79 bits per heavy atom. The monoisotopic (exact) mass is 289 g/mol. The molecule has 2 N–H and O–H groups in total. The molecule has 0 spiro atoms. The van der Waals surface area contributed by atoms with Crippen LogP contribution in [0.4, 0.5) is 13.2 Å². The van der Waals surface area contributed by atoms with Crippen LogP contribution < -0.4 is 5.73 Å². The third kappa shape index (κ3) is 3.48. The molecule has 0 aliphatic rings. The molecule has 0 heterocycles. The van der Waals surface area contributed by atoms with Gasteiger partial charge in [0.15, 0.2) is 0 Å². The summed E-state index contributed by atoms with van der Waals surface area (Å²) in [6.07, 6.45) is -4.31. The van der Waals surface area contributed by atoms with E-state index in [2.05, 4.69) is 15.9 Å². The van der Waals surface area contributed by atoms with Crippen LogP contribution in [0.5, 0.6) is 0 Å². The van der Waals surface area contributed by atoms with Crippen LogP contribution in [-0.4, -0.2) is 0 Å². The summed E-state index contributed by atoms with van der Waals surface area (Å²) in [5.41, 5.74) is 5.02. The Hall–Kier alpha value is -0.260. The molecule has 0 radical (unpaired) electrons. The minimum absolute atomic E-state index is 0. The van der Waals surface area contributed by atoms with E-state index in [9.17, 15) is 13.2 Å². The third-order valence-electron chi connectivity index (χ3n) is 1.52. The number of alkyl halides is 3. The molecule has 80 valence electrons. The van der Waals surface area contributed by atoms with Gasteiger partial charge in [0.25, 0.3) is 0 Å². The maximum Gasteiger partial charge on any atom is 0.416 e. The summed E-state index contributed by atoms with van der Waals surface area (Å²) in [4.78, 5) is 0. The van der Waals surface area contributed by atoms with Gasteiger partial charge in [-0.1, -0.05) is 15.9 Å². The van der Waals surface area contributed by atoms with Crippen molar-refractivity contribution in [3.8, 4) is 0 Å². The maximum absolute atomic E-state index is 12.2. The van der Waals surface area contributed by atoms with Gasteiger partial charge in [-0.2, -0.15) is 13.2 Å². The Morgan fingerprint density at radius 1 is 1.21 bits per heavy atom. The molecular weight excluding hydrogens is 282 g/mol. The zero-order valence-corrected chi connectivity index (χ0v) is 9.34. The Balaban J connectivity index is 0.00000169. The Bertz CT molecular complexity index is 314. The van der Waals surface area contributed by atoms with Crippen LogP contribution in [0.15, 0.2) is 22.7 Å². The SMILES string of the molecule is Cl.NCc1cc(Br)cc(C(F)(F)F)c1. The fourth-order valence-corrected chi connectivity index (χ4v) is 1.47. The van der Waals surface area contributed by atoms with Gasteiger partial charge in [-0.15, -0.1) is 12.4 Å². The Kier molecular flexibility index (Phi) is 4.91. The molecule has 0 bridgehead atoms. The van der Waals surface area contributed by atoms with Crippen LogP contribution in [-0.2, 0) is 12.7 Å². The quantitative estimate of drug-likeness (QED) is 0.843. The van der Waals surface area contributed by atoms with Crippen molar-refractivity contribution in [2.24, 2.45) is 5.73 Å². The summed E-state index contributed by atoms with van der Waals surface area (Å²) in [6.45, 7) is 0.0997. The highest BCUT2D eigenvalue weighted by atomic mass is 79.9. The summed E-state index contributed by atoms with van der Waals surface area (Å²) < 4.78 is 37.1. The van der Waals surface area contributed by atoms with E-state index in [1.807, 2.05) is 0 Å². The minimum Gasteiger partial charge on any atom is -0.326 e. The molecule has 0 aliphatic heterocycles. The van der Waals surface area contributed by atoms with Gasteiger partial charge in [-0.3, -0.25) is 0 Å². The molecule has 0 atom stereocenters. The number of rotatable bonds is 1. The van der Waals surface area contributed by atoms with Crippen LogP contribution >= 0.6 is 28.3 Å². The topological polar surface area (TPSA) is 26.0 Å². The second-order valence-corrected chi connectivity index (χ2v) is 3.47. The van der Waals surface area contributed by atoms with Crippen LogP contribution in [0.25, 0.3) is 0 Å². The van der Waals surface area contributed by atoms with Gasteiger partial charge in [0.1, 0.15) is 0 Å². The zero-order chi connectivity index (χ0) is 10.1. The molecule has 0 saturated carbocycles. The van der Waals surface area contributed by atoms with E-state index in [0.717, 1.165) is 12.1 Å². The molecule has 0 saturated heterocycles. The van der Waals surface area contributed by atoms with Crippen molar-refractivity contribution >= 4 is 28.3 Å². The molecule has 1 rings (SSSR count).